The monoisotopic (exact) mass is 378 g/mol. The molecule has 1 aliphatic rings. The van der Waals surface area contributed by atoms with E-state index in [-0.39, 0.29) is 18.2 Å². The quantitative estimate of drug-likeness (QED) is 0.681. The highest BCUT2D eigenvalue weighted by Gasteiger charge is 2.28. The summed E-state index contributed by atoms with van der Waals surface area (Å²) in [7, 11) is 0. The number of amides is 1. The molecule has 0 saturated heterocycles. The standard InChI is InChI=1S/C16H21Cl3N2O2/c1-16(2,3)23-15(22)21-10-5-4-9(6-10)20-14-8-12(18)11(17)7-13(14)19/h7-10,20H,4-6H2,1-3H3,(H,21,22). The van der Waals surface area contributed by atoms with Crippen molar-refractivity contribution in [1.29, 1.82) is 0 Å². The highest BCUT2D eigenvalue weighted by Crippen LogP contribution is 2.34. The maximum absolute atomic E-state index is 11.8. The van der Waals surface area contributed by atoms with E-state index >= 15 is 0 Å². The summed E-state index contributed by atoms with van der Waals surface area (Å²) in [5.41, 5.74) is 0.262. The second-order valence-corrected chi connectivity index (χ2v) is 7.97. The average Bonchev–Trinajstić information content (AvgIpc) is 2.80. The van der Waals surface area contributed by atoms with Gasteiger partial charge in [0.15, 0.2) is 0 Å². The smallest absolute Gasteiger partial charge is 0.407 e. The molecule has 23 heavy (non-hydrogen) atoms. The van der Waals surface area contributed by atoms with Gasteiger partial charge in [-0.15, -0.1) is 0 Å². The van der Waals surface area contributed by atoms with Crippen molar-refractivity contribution in [2.24, 2.45) is 0 Å². The van der Waals surface area contributed by atoms with E-state index < -0.39 is 5.60 Å². The van der Waals surface area contributed by atoms with Crippen LogP contribution >= 0.6 is 34.8 Å². The van der Waals surface area contributed by atoms with Gasteiger partial charge in [-0.2, -0.15) is 0 Å². The fourth-order valence-electron chi connectivity index (χ4n) is 2.57. The van der Waals surface area contributed by atoms with Crippen molar-refractivity contribution in [3.8, 4) is 0 Å². The largest absolute Gasteiger partial charge is 0.444 e. The Bertz CT molecular complexity index is 587. The second-order valence-electron chi connectivity index (χ2n) is 6.74. The highest BCUT2D eigenvalue weighted by molar-refractivity contribution is 6.44. The number of rotatable bonds is 3. The lowest BCUT2D eigenvalue weighted by Crippen LogP contribution is -2.38. The minimum atomic E-state index is -0.492. The molecule has 128 valence electrons. The van der Waals surface area contributed by atoms with Gasteiger partial charge < -0.3 is 15.4 Å². The van der Waals surface area contributed by atoms with Crippen LogP contribution in [-0.2, 0) is 4.74 Å². The number of hydrogen-bond donors (Lipinski definition) is 2. The van der Waals surface area contributed by atoms with E-state index in [4.69, 9.17) is 39.5 Å². The number of anilines is 1. The summed E-state index contributed by atoms with van der Waals surface area (Å²) in [4.78, 5) is 11.8. The molecule has 2 rings (SSSR count). The van der Waals surface area contributed by atoms with Crippen molar-refractivity contribution in [2.45, 2.75) is 57.7 Å². The molecule has 0 spiro atoms. The fourth-order valence-corrected chi connectivity index (χ4v) is 3.17. The first kappa shape index (κ1) is 18.5. The van der Waals surface area contributed by atoms with Gasteiger partial charge in [-0.3, -0.25) is 0 Å². The van der Waals surface area contributed by atoms with Gasteiger partial charge in [0.25, 0.3) is 0 Å². The van der Waals surface area contributed by atoms with E-state index in [1.54, 1.807) is 12.1 Å². The zero-order valence-corrected chi connectivity index (χ0v) is 15.6. The minimum Gasteiger partial charge on any atom is -0.444 e. The topological polar surface area (TPSA) is 50.4 Å². The molecule has 1 aromatic rings. The van der Waals surface area contributed by atoms with Gasteiger partial charge in [0.05, 0.1) is 20.8 Å². The third-order valence-corrected chi connectivity index (χ3v) is 4.56. The summed E-state index contributed by atoms with van der Waals surface area (Å²) in [5.74, 6) is 0. The molecule has 1 amide bonds. The first-order chi connectivity index (χ1) is 10.6. The van der Waals surface area contributed by atoms with Gasteiger partial charge >= 0.3 is 6.09 Å². The van der Waals surface area contributed by atoms with E-state index in [2.05, 4.69) is 10.6 Å². The average molecular weight is 380 g/mol. The third-order valence-electron chi connectivity index (χ3n) is 3.52. The fraction of sp³-hybridized carbons (Fsp3) is 0.562. The van der Waals surface area contributed by atoms with Crippen LogP contribution in [0.1, 0.15) is 40.0 Å². The van der Waals surface area contributed by atoms with E-state index in [9.17, 15) is 4.79 Å². The van der Waals surface area contributed by atoms with Crippen LogP contribution in [0.4, 0.5) is 10.5 Å². The minimum absolute atomic E-state index is 0.0869. The molecular formula is C16H21Cl3N2O2. The van der Waals surface area contributed by atoms with Crippen molar-refractivity contribution < 1.29 is 9.53 Å². The summed E-state index contributed by atoms with van der Waals surface area (Å²) >= 11 is 18.1. The van der Waals surface area contributed by atoms with Crippen LogP contribution in [0, 0.1) is 0 Å². The van der Waals surface area contributed by atoms with Gasteiger partial charge in [0.1, 0.15) is 5.60 Å². The van der Waals surface area contributed by atoms with Crippen molar-refractivity contribution in [3.05, 3.63) is 27.2 Å². The lowest BCUT2D eigenvalue weighted by Gasteiger charge is -2.22. The summed E-state index contributed by atoms with van der Waals surface area (Å²) in [5, 5.41) is 7.68. The second kappa shape index (κ2) is 7.37. The molecule has 7 heteroatoms. The Morgan fingerprint density at radius 1 is 1.09 bits per heavy atom. The normalized spacial score (nSPS) is 21.1. The molecule has 1 aromatic carbocycles. The number of alkyl carbamates (subject to hydrolysis) is 1. The maximum atomic E-state index is 11.8. The Morgan fingerprint density at radius 3 is 2.35 bits per heavy atom. The molecule has 1 fully saturated rings. The Kier molecular flexibility index (Phi) is 5.93. The van der Waals surface area contributed by atoms with Crippen LogP contribution < -0.4 is 10.6 Å². The summed E-state index contributed by atoms with van der Waals surface area (Å²) in [6, 6.07) is 3.65. The Balaban J connectivity index is 1.89. The Morgan fingerprint density at radius 2 is 1.70 bits per heavy atom. The summed E-state index contributed by atoms with van der Waals surface area (Å²) in [6.45, 7) is 5.54. The molecular weight excluding hydrogens is 359 g/mol. The van der Waals surface area contributed by atoms with E-state index in [1.165, 1.54) is 0 Å². The van der Waals surface area contributed by atoms with Crippen molar-refractivity contribution >= 4 is 46.6 Å². The van der Waals surface area contributed by atoms with Crippen LogP contribution in [0.2, 0.25) is 15.1 Å². The maximum Gasteiger partial charge on any atom is 0.407 e. The van der Waals surface area contributed by atoms with Crippen LogP contribution in [-0.4, -0.2) is 23.8 Å². The molecule has 4 nitrogen and oxygen atoms in total. The number of benzene rings is 1. The highest BCUT2D eigenvalue weighted by atomic mass is 35.5. The van der Waals surface area contributed by atoms with Crippen molar-refractivity contribution in [1.82, 2.24) is 5.32 Å². The van der Waals surface area contributed by atoms with Gasteiger partial charge in [-0.1, -0.05) is 34.8 Å². The van der Waals surface area contributed by atoms with E-state index in [0.29, 0.717) is 15.1 Å². The van der Waals surface area contributed by atoms with E-state index in [1.807, 2.05) is 20.8 Å². The Hall–Kier alpha value is -0.840. The zero-order chi connectivity index (χ0) is 17.2. The molecule has 0 radical (unpaired) electrons. The van der Waals surface area contributed by atoms with Crippen molar-refractivity contribution in [3.63, 3.8) is 0 Å². The summed E-state index contributed by atoms with van der Waals surface area (Å²) in [6.07, 6.45) is 2.23. The van der Waals surface area contributed by atoms with Crippen LogP contribution in [0.15, 0.2) is 12.1 Å². The molecule has 2 atom stereocenters. The lowest BCUT2D eigenvalue weighted by atomic mass is 10.2. The van der Waals surface area contributed by atoms with Crippen LogP contribution in [0.3, 0.4) is 0 Å². The number of carbonyl (C=O) groups is 1. The third kappa shape index (κ3) is 5.63. The lowest BCUT2D eigenvalue weighted by molar-refractivity contribution is 0.0505. The molecule has 2 N–H and O–H groups in total. The predicted molar refractivity (Wildman–Crippen MR) is 95.9 cm³/mol. The van der Waals surface area contributed by atoms with Crippen LogP contribution in [0.25, 0.3) is 0 Å². The van der Waals surface area contributed by atoms with Gasteiger partial charge in [0, 0.05) is 12.1 Å². The molecule has 0 heterocycles. The number of ether oxygens (including phenoxy) is 1. The van der Waals surface area contributed by atoms with Crippen molar-refractivity contribution in [2.75, 3.05) is 5.32 Å². The molecule has 0 aliphatic heterocycles. The first-order valence-corrected chi connectivity index (χ1v) is 8.68. The van der Waals surface area contributed by atoms with Gasteiger partial charge in [-0.25, -0.2) is 4.79 Å². The number of carbonyl (C=O) groups excluding carboxylic acids is 1. The van der Waals surface area contributed by atoms with Gasteiger partial charge in [0.2, 0.25) is 0 Å². The summed E-state index contributed by atoms with van der Waals surface area (Å²) < 4.78 is 5.28. The molecule has 0 aromatic heterocycles. The number of hydrogen-bond acceptors (Lipinski definition) is 3. The number of nitrogens with one attached hydrogen (secondary N) is 2. The van der Waals surface area contributed by atoms with Gasteiger partial charge in [-0.05, 0) is 52.2 Å². The molecule has 1 aliphatic carbocycles. The Labute approximate surface area is 151 Å². The van der Waals surface area contributed by atoms with Crippen LogP contribution in [0.5, 0.6) is 0 Å². The SMILES string of the molecule is CC(C)(C)OC(=O)NC1CCC(Nc2cc(Cl)c(Cl)cc2Cl)C1. The predicted octanol–water partition coefficient (Wildman–Crippen LogP) is 5.50. The first-order valence-electron chi connectivity index (χ1n) is 7.54. The molecule has 2 unspecified atom stereocenters. The number of halogens is 3. The molecule has 0 bridgehead atoms. The zero-order valence-electron chi connectivity index (χ0n) is 13.4. The molecule has 1 saturated carbocycles. The van der Waals surface area contributed by atoms with E-state index in [0.717, 1.165) is 24.9 Å².